The molecule has 1 aliphatic heterocycles. The number of aromatic nitrogens is 1. The van der Waals surface area contributed by atoms with Crippen LogP contribution in [0.3, 0.4) is 0 Å². The minimum Gasteiger partial charge on any atom is -0.345 e. The summed E-state index contributed by atoms with van der Waals surface area (Å²) in [5.74, 6) is 6.59. The highest BCUT2D eigenvalue weighted by Gasteiger charge is 2.26. The summed E-state index contributed by atoms with van der Waals surface area (Å²) in [7, 11) is 0. The molecule has 0 radical (unpaired) electrons. The van der Waals surface area contributed by atoms with E-state index in [4.69, 9.17) is 0 Å². The molecule has 1 aromatic heterocycles. The van der Waals surface area contributed by atoms with Crippen molar-refractivity contribution in [2.75, 3.05) is 31.1 Å². The topological polar surface area (TPSA) is 19.4 Å². The van der Waals surface area contributed by atoms with Gasteiger partial charge in [0.05, 0.1) is 6.54 Å². The zero-order chi connectivity index (χ0) is 15.2. The van der Waals surface area contributed by atoms with Crippen LogP contribution in [-0.4, -0.2) is 42.1 Å². The van der Waals surface area contributed by atoms with E-state index >= 15 is 0 Å². The molecule has 1 fully saturated rings. The predicted molar refractivity (Wildman–Crippen MR) is 93.3 cm³/mol. The van der Waals surface area contributed by atoms with Crippen LogP contribution < -0.4 is 4.90 Å². The Morgan fingerprint density at radius 2 is 2.14 bits per heavy atom. The standard InChI is InChI=1S/C18H21N3S/c1-2-17-15-21(18-19-10-14-22-18)13-12-20(17)11-6-9-16-7-4-3-5-8-16/h3-5,7-8,10,14,17H,2,11-13,15H2,1H3. The Balaban J connectivity index is 1.60. The third-order valence-electron chi connectivity index (χ3n) is 4.05. The molecule has 0 N–H and O–H groups in total. The van der Waals surface area contributed by atoms with Gasteiger partial charge in [0, 0.05) is 42.8 Å². The van der Waals surface area contributed by atoms with Crippen molar-refractivity contribution in [3.8, 4) is 11.8 Å². The Labute approximate surface area is 136 Å². The van der Waals surface area contributed by atoms with Crippen LogP contribution in [0.25, 0.3) is 0 Å². The fourth-order valence-electron chi connectivity index (χ4n) is 2.80. The van der Waals surface area contributed by atoms with Crippen molar-refractivity contribution in [1.29, 1.82) is 0 Å². The molecular weight excluding hydrogens is 290 g/mol. The molecule has 1 saturated heterocycles. The molecule has 3 nitrogen and oxygen atoms in total. The lowest BCUT2D eigenvalue weighted by Crippen LogP contribution is -2.53. The molecule has 2 heterocycles. The highest BCUT2D eigenvalue weighted by molar-refractivity contribution is 7.13. The van der Waals surface area contributed by atoms with Crippen molar-refractivity contribution in [2.45, 2.75) is 19.4 Å². The summed E-state index contributed by atoms with van der Waals surface area (Å²) >= 11 is 1.73. The van der Waals surface area contributed by atoms with E-state index in [0.717, 1.165) is 43.3 Å². The van der Waals surface area contributed by atoms with Crippen molar-refractivity contribution < 1.29 is 0 Å². The van der Waals surface area contributed by atoms with Gasteiger partial charge in [0.2, 0.25) is 0 Å². The maximum atomic E-state index is 4.43. The molecule has 0 saturated carbocycles. The molecule has 1 aromatic carbocycles. The number of thiazole rings is 1. The number of hydrogen-bond acceptors (Lipinski definition) is 4. The molecule has 0 bridgehead atoms. The van der Waals surface area contributed by atoms with E-state index in [1.807, 2.05) is 29.8 Å². The Morgan fingerprint density at radius 3 is 2.86 bits per heavy atom. The van der Waals surface area contributed by atoms with E-state index in [1.165, 1.54) is 0 Å². The van der Waals surface area contributed by atoms with Crippen molar-refractivity contribution >= 4 is 16.5 Å². The number of anilines is 1. The zero-order valence-corrected chi connectivity index (χ0v) is 13.7. The van der Waals surface area contributed by atoms with Gasteiger partial charge < -0.3 is 4.90 Å². The Kier molecular flexibility index (Phi) is 5.10. The van der Waals surface area contributed by atoms with Gasteiger partial charge >= 0.3 is 0 Å². The van der Waals surface area contributed by atoms with E-state index in [2.05, 4.69) is 45.7 Å². The molecule has 0 aliphatic carbocycles. The fourth-order valence-corrected chi connectivity index (χ4v) is 3.48. The zero-order valence-electron chi connectivity index (χ0n) is 12.9. The van der Waals surface area contributed by atoms with Crippen LogP contribution in [0.5, 0.6) is 0 Å². The first-order valence-corrected chi connectivity index (χ1v) is 8.67. The number of piperazine rings is 1. The van der Waals surface area contributed by atoms with Gasteiger partial charge in [-0.15, -0.1) is 11.3 Å². The van der Waals surface area contributed by atoms with Crippen molar-refractivity contribution in [1.82, 2.24) is 9.88 Å². The lowest BCUT2D eigenvalue weighted by Gasteiger charge is -2.40. The summed E-state index contributed by atoms with van der Waals surface area (Å²) in [4.78, 5) is 9.34. The highest BCUT2D eigenvalue weighted by atomic mass is 32.1. The van der Waals surface area contributed by atoms with Crippen molar-refractivity contribution in [3.05, 3.63) is 47.5 Å². The predicted octanol–water partition coefficient (Wildman–Crippen LogP) is 3.10. The molecule has 4 heteroatoms. The van der Waals surface area contributed by atoms with Gasteiger partial charge in [0.1, 0.15) is 0 Å². The summed E-state index contributed by atoms with van der Waals surface area (Å²) in [6, 6.07) is 10.8. The summed E-state index contributed by atoms with van der Waals surface area (Å²) < 4.78 is 0. The van der Waals surface area contributed by atoms with Crippen molar-refractivity contribution in [3.63, 3.8) is 0 Å². The van der Waals surface area contributed by atoms with E-state index in [-0.39, 0.29) is 0 Å². The molecule has 2 aromatic rings. The monoisotopic (exact) mass is 311 g/mol. The average Bonchev–Trinajstić information content (AvgIpc) is 3.10. The number of hydrogen-bond donors (Lipinski definition) is 0. The van der Waals surface area contributed by atoms with Gasteiger partial charge in [-0.3, -0.25) is 4.90 Å². The van der Waals surface area contributed by atoms with Crippen LogP contribution in [0, 0.1) is 11.8 Å². The molecule has 1 unspecified atom stereocenters. The van der Waals surface area contributed by atoms with Crippen LogP contribution in [0.2, 0.25) is 0 Å². The van der Waals surface area contributed by atoms with Gasteiger partial charge in [0.25, 0.3) is 0 Å². The van der Waals surface area contributed by atoms with Crippen LogP contribution in [0.4, 0.5) is 5.13 Å². The first kappa shape index (κ1) is 15.1. The van der Waals surface area contributed by atoms with Gasteiger partial charge in [-0.1, -0.05) is 37.0 Å². The quantitative estimate of drug-likeness (QED) is 0.812. The average molecular weight is 311 g/mol. The van der Waals surface area contributed by atoms with Gasteiger partial charge in [-0.25, -0.2) is 4.98 Å². The summed E-state index contributed by atoms with van der Waals surface area (Å²) in [6.45, 7) is 6.25. The smallest absolute Gasteiger partial charge is 0.185 e. The number of benzene rings is 1. The molecule has 1 aliphatic rings. The first-order valence-electron chi connectivity index (χ1n) is 7.79. The van der Waals surface area contributed by atoms with Gasteiger partial charge in [0.15, 0.2) is 5.13 Å². The SMILES string of the molecule is CCC1CN(c2nccs2)CCN1CC#Cc1ccccc1. The Hall–Kier alpha value is -1.83. The molecule has 1 atom stereocenters. The van der Waals surface area contributed by atoms with Crippen LogP contribution in [0.1, 0.15) is 18.9 Å². The molecule has 22 heavy (non-hydrogen) atoms. The Morgan fingerprint density at radius 1 is 1.27 bits per heavy atom. The third-order valence-corrected chi connectivity index (χ3v) is 4.89. The molecule has 0 amide bonds. The largest absolute Gasteiger partial charge is 0.345 e. The summed E-state index contributed by atoms with van der Waals surface area (Å²) in [6.07, 6.45) is 3.04. The van der Waals surface area contributed by atoms with E-state index in [0.29, 0.717) is 6.04 Å². The van der Waals surface area contributed by atoms with Crippen LogP contribution >= 0.6 is 11.3 Å². The third kappa shape index (κ3) is 3.68. The maximum Gasteiger partial charge on any atom is 0.185 e. The van der Waals surface area contributed by atoms with Gasteiger partial charge in [-0.2, -0.15) is 0 Å². The second-order valence-electron chi connectivity index (χ2n) is 5.46. The first-order chi connectivity index (χ1) is 10.9. The van der Waals surface area contributed by atoms with Crippen LogP contribution in [-0.2, 0) is 0 Å². The second kappa shape index (κ2) is 7.44. The second-order valence-corrected chi connectivity index (χ2v) is 6.33. The number of nitrogens with zero attached hydrogens (tertiary/aromatic N) is 3. The molecule has 114 valence electrons. The summed E-state index contributed by atoms with van der Waals surface area (Å²) in [5.41, 5.74) is 1.09. The van der Waals surface area contributed by atoms with E-state index < -0.39 is 0 Å². The number of rotatable bonds is 3. The maximum absolute atomic E-state index is 4.43. The Bertz CT molecular complexity index is 627. The lowest BCUT2D eigenvalue weighted by molar-refractivity contribution is 0.194. The highest BCUT2D eigenvalue weighted by Crippen LogP contribution is 2.22. The van der Waals surface area contributed by atoms with E-state index in [1.54, 1.807) is 11.3 Å². The fraction of sp³-hybridized carbons (Fsp3) is 0.389. The minimum atomic E-state index is 0.558. The van der Waals surface area contributed by atoms with E-state index in [9.17, 15) is 0 Å². The van der Waals surface area contributed by atoms with Gasteiger partial charge in [-0.05, 0) is 18.6 Å². The lowest BCUT2D eigenvalue weighted by atomic mass is 10.1. The summed E-state index contributed by atoms with van der Waals surface area (Å²) in [5, 5.41) is 3.20. The van der Waals surface area contributed by atoms with Crippen molar-refractivity contribution in [2.24, 2.45) is 0 Å². The molecule has 3 rings (SSSR count). The normalized spacial score (nSPS) is 18.8. The molecule has 0 spiro atoms. The minimum absolute atomic E-state index is 0.558. The van der Waals surface area contributed by atoms with Crippen LogP contribution in [0.15, 0.2) is 41.9 Å². The molecular formula is C18H21N3S.